The molecular formula is C11H15F3N2OS. The second-order valence-electron chi connectivity index (χ2n) is 4.40. The molecule has 0 fully saturated rings. The first-order valence-electron chi connectivity index (χ1n) is 5.50. The Bertz CT molecular complexity index is 443. The second-order valence-corrected chi connectivity index (χ2v) is 4.82. The van der Waals surface area contributed by atoms with Gasteiger partial charge in [-0.25, -0.2) is 4.98 Å². The van der Waals surface area contributed by atoms with Crippen LogP contribution in [0.15, 0.2) is 6.07 Å². The quantitative estimate of drug-likeness (QED) is 0.840. The zero-order valence-electron chi connectivity index (χ0n) is 10.2. The highest BCUT2D eigenvalue weighted by Gasteiger charge is 2.27. The van der Waals surface area contributed by atoms with Crippen molar-refractivity contribution in [1.82, 2.24) is 9.97 Å². The second kappa shape index (κ2) is 6.29. The van der Waals surface area contributed by atoms with E-state index in [1.165, 1.54) is 0 Å². The van der Waals surface area contributed by atoms with Crippen molar-refractivity contribution in [3.63, 3.8) is 0 Å². The summed E-state index contributed by atoms with van der Waals surface area (Å²) >= 11 is 4.95. The highest BCUT2D eigenvalue weighted by atomic mass is 32.1. The van der Waals surface area contributed by atoms with Crippen LogP contribution in [0.5, 0.6) is 0 Å². The molecule has 3 nitrogen and oxygen atoms in total. The minimum absolute atomic E-state index is 0.227. The highest BCUT2D eigenvalue weighted by molar-refractivity contribution is 7.71. The summed E-state index contributed by atoms with van der Waals surface area (Å²) < 4.78 is 40.6. The fourth-order valence-corrected chi connectivity index (χ4v) is 1.70. The van der Waals surface area contributed by atoms with E-state index < -0.39 is 12.8 Å². The zero-order valence-corrected chi connectivity index (χ0v) is 11.0. The van der Waals surface area contributed by atoms with Crippen molar-refractivity contribution in [1.29, 1.82) is 0 Å². The Balaban J connectivity index is 2.65. The molecule has 7 heteroatoms. The Morgan fingerprint density at radius 1 is 1.44 bits per heavy atom. The molecule has 1 aromatic rings. The Morgan fingerprint density at radius 3 is 2.67 bits per heavy atom. The number of halogens is 3. The first-order chi connectivity index (χ1) is 8.26. The number of aromatic amines is 1. The maximum Gasteiger partial charge on any atom is 0.411 e. The minimum Gasteiger partial charge on any atom is -0.364 e. The summed E-state index contributed by atoms with van der Waals surface area (Å²) in [6, 6.07) is 1.71. The molecule has 0 saturated heterocycles. The van der Waals surface area contributed by atoms with E-state index in [2.05, 4.69) is 14.7 Å². The number of nitrogens with zero attached hydrogens (tertiary/aromatic N) is 1. The molecule has 0 amide bonds. The van der Waals surface area contributed by atoms with Crippen LogP contribution in [0.2, 0.25) is 0 Å². The van der Waals surface area contributed by atoms with Crippen molar-refractivity contribution in [3.05, 3.63) is 22.2 Å². The van der Waals surface area contributed by atoms with E-state index in [-0.39, 0.29) is 6.61 Å². The van der Waals surface area contributed by atoms with Crippen LogP contribution in [0.4, 0.5) is 13.2 Å². The summed E-state index contributed by atoms with van der Waals surface area (Å²) in [7, 11) is 0. The number of alkyl halides is 3. The van der Waals surface area contributed by atoms with Crippen LogP contribution in [0.3, 0.4) is 0 Å². The molecule has 1 aromatic heterocycles. The van der Waals surface area contributed by atoms with Crippen molar-refractivity contribution < 1.29 is 17.9 Å². The summed E-state index contributed by atoms with van der Waals surface area (Å²) in [6.45, 7) is 2.56. The Hall–Kier alpha value is -0.950. The van der Waals surface area contributed by atoms with Gasteiger partial charge in [0.1, 0.15) is 23.7 Å². The van der Waals surface area contributed by atoms with Crippen LogP contribution in [-0.2, 0) is 17.8 Å². The molecular weight excluding hydrogens is 265 g/mol. The molecule has 0 radical (unpaired) electrons. The van der Waals surface area contributed by atoms with Gasteiger partial charge >= 0.3 is 6.18 Å². The van der Waals surface area contributed by atoms with E-state index >= 15 is 0 Å². The van der Waals surface area contributed by atoms with E-state index in [1.807, 2.05) is 13.8 Å². The third-order valence-corrected chi connectivity index (χ3v) is 2.19. The van der Waals surface area contributed by atoms with Crippen LogP contribution in [0.25, 0.3) is 0 Å². The van der Waals surface area contributed by atoms with Gasteiger partial charge in [-0.1, -0.05) is 26.1 Å². The molecule has 0 aliphatic rings. The molecule has 0 atom stereocenters. The molecule has 1 N–H and O–H groups in total. The molecule has 1 heterocycles. The van der Waals surface area contributed by atoms with Crippen molar-refractivity contribution in [3.8, 4) is 0 Å². The predicted octanol–water partition coefficient (Wildman–Crippen LogP) is 3.42. The molecule has 0 saturated carbocycles. The first kappa shape index (κ1) is 15.1. The number of aromatic nitrogens is 2. The average molecular weight is 280 g/mol. The van der Waals surface area contributed by atoms with Gasteiger partial charge in [0.25, 0.3) is 0 Å². The number of hydrogen-bond acceptors (Lipinski definition) is 3. The lowest BCUT2D eigenvalue weighted by molar-refractivity contribution is -0.177. The van der Waals surface area contributed by atoms with Gasteiger partial charge in [-0.05, 0) is 18.4 Å². The van der Waals surface area contributed by atoms with Gasteiger partial charge < -0.3 is 9.72 Å². The number of ether oxygens (including phenoxy) is 1. The minimum atomic E-state index is -4.33. The molecule has 0 unspecified atom stereocenters. The first-order valence-corrected chi connectivity index (χ1v) is 5.90. The number of H-pyrrole nitrogens is 1. The number of hydrogen-bond donors (Lipinski definition) is 1. The number of rotatable bonds is 5. The van der Waals surface area contributed by atoms with Crippen LogP contribution in [-0.4, -0.2) is 22.8 Å². The molecule has 0 spiro atoms. The van der Waals surface area contributed by atoms with Gasteiger partial charge in [-0.3, -0.25) is 0 Å². The van der Waals surface area contributed by atoms with Crippen LogP contribution >= 0.6 is 12.2 Å². The third kappa shape index (κ3) is 6.11. The maximum atomic E-state index is 11.9. The summed E-state index contributed by atoms with van der Waals surface area (Å²) in [5.74, 6) is 0.740. The largest absolute Gasteiger partial charge is 0.411 e. The third-order valence-electron chi connectivity index (χ3n) is 1.98. The van der Waals surface area contributed by atoms with Crippen molar-refractivity contribution in [2.45, 2.75) is 33.1 Å². The van der Waals surface area contributed by atoms with Gasteiger partial charge in [0.05, 0.1) is 0 Å². The van der Waals surface area contributed by atoms with Gasteiger partial charge in [0, 0.05) is 5.69 Å². The fourth-order valence-electron chi connectivity index (χ4n) is 1.45. The van der Waals surface area contributed by atoms with E-state index in [0.29, 0.717) is 16.4 Å². The lowest BCUT2D eigenvalue weighted by Gasteiger charge is -2.09. The highest BCUT2D eigenvalue weighted by Crippen LogP contribution is 2.15. The van der Waals surface area contributed by atoms with Crippen molar-refractivity contribution in [2.75, 3.05) is 6.61 Å². The molecule has 0 bridgehead atoms. The topological polar surface area (TPSA) is 37.9 Å². The summed E-state index contributed by atoms with van der Waals surface area (Å²) in [5, 5.41) is 0. The lowest BCUT2D eigenvalue weighted by Crippen LogP contribution is -2.17. The predicted molar refractivity (Wildman–Crippen MR) is 63.7 cm³/mol. The normalized spacial score (nSPS) is 12.1. The van der Waals surface area contributed by atoms with E-state index in [0.717, 1.165) is 12.1 Å². The van der Waals surface area contributed by atoms with Crippen molar-refractivity contribution in [2.24, 2.45) is 5.92 Å². The molecule has 0 aliphatic heterocycles. The Labute approximate surface area is 108 Å². The molecule has 18 heavy (non-hydrogen) atoms. The average Bonchev–Trinajstić information content (AvgIpc) is 2.12. The molecule has 0 aromatic carbocycles. The van der Waals surface area contributed by atoms with Crippen molar-refractivity contribution >= 4 is 12.2 Å². The summed E-state index contributed by atoms with van der Waals surface area (Å²) in [5.41, 5.74) is 0.857. The molecule has 102 valence electrons. The molecule has 1 rings (SSSR count). The van der Waals surface area contributed by atoms with E-state index in [4.69, 9.17) is 12.2 Å². The SMILES string of the molecule is CC(C)Cc1cc(=S)nc(COCC(F)(F)F)[nH]1. The van der Waals surface area contributed by atoms with Gasteiger partial charge in [-0.2, -0.15) is 13.2 Å². The monoisotopic (exact) mass is 280 g/mol. The van der Waals surface area contributed by atoms with Gasteiger partial charge in [-0.15, -0.1) is 0 Å². The summed E-state index contributed by atoms with van der Waals surface area (Å²) in [6.07, 6.45) is -3.56. The summed E-state index contributed by atoms with van der Waals surface area (Å²) in [4.78, 5) is 6.86. The number of nitrogens with one attached hydrogen (secondary N) is 1. The maximum absolute atomic E-state index is 11.9. The van der Waals surface area contributed by atoms with E-state index in [9.17, 15) is 13.2 Å². The zero-order chi connectivity index (χ0) is 13.8. The molecule has 0 aliphatic carbocycles. The smallest absolute Gasteiger partial charge is 0.364 e. The fraction of sp³-hybridized carbons (Fsp3) is 0.636. The van der Waals surface area contributed by atoms with Crippen LogP contribution < -0.4 is 0 Å². The van der Waals surface area contributed by atoms with Crippen LogP contribution in [0, 0.1) is 10.6 Å². The van der Waals surface area contributed by atoms with E-state index in [1.54, 1.807) is 6.07 Å². The van der Waals surface area contributed by atoms with Gasteiger partial charge in [0.15, 0.2) is 0 Å². The Morgan fingerprint density at radius 2 is 2.11 bits per heavy atom. The standard InChI is InChI=1S/C11H15F3N2OS/c1-7(2)3-8-4-10(18)16-9(15-8)5-17-6-11(12,13)14/h4,7H,3,5-6H2,1-2H3,(H,15,16,18). The lowest BCUT2D eigenvalue weighted by atomic mass is 10.1. The van der Waals surface area contributed by atoms with Crippen LogP contribution in [0.1, 0.15) is 25.4 Å². The van der Waals surface area contributed by atoms with Gasteiger partial charge in [0.2, 0.25) is 0 Å². The Kier molecular flexibility index (Phi) is 5.28.